The number of piperidine rings is 1. The lowest BCUT2D eigenvalue weighted by atomic mass is 9.87. The van der Waals surface area contributed by atoms with Crippen molar-refractivity contribution in [1.29, 1.82) is 0 Å². The number of carbonyl (C=O) groups is 1. The summed E-state index contributed by atoms with van der Waals surface area (Å²) in [6.45, 7) is 2.91. The van der Waals surface area contributed by atoms with Crippen LogP contribution in [-0.4, -0.2) is 47.7 Å². The Morgan fingerprint density at radius 2 is 1.94 bits per heavy atom. The van der Waals surface area contributed by atoms with E-state index in [-0.39, 0.29) is 15.8 Å². The zero-order chi connectivity index (χ0) is 22.5. The summed E-state index contributed by atoms with van der Waals surface area (Å²) in [7, 11) is -3.60. The Morgan fingerprint density at radius 3 is 2.59 bits per heavy atom. The van der Waals surface area contributed by atoms with Gasteiger partial charge in [-0.3, -0.25) is 9.79 Å². The predicted octanol–water partition coefficient (Wildman–Crippen LogP) is 4.30. The molecule has 0 aromatic heterocycles. The molecule has 1 aromatic carbocycles. The second-order valence-electron chi connectivity index (χ2n) is 9.95. The highest BCUT2D eigenvalue weighted by Crippen LogP contribution is 2.47. The third kappa shape index (κ3) is 4.24. The molecule has 0 spiro atoms. The van der Waals surface area contributed by atoms with Crippen LogP contribution in [0.25, 0.3) is 0 Å². The fourth-order valence-corrected chi connectivity index (χ4v) is 9.11. The molecule has 1 aromatic rings. The summed E-state index contributed by atoms with van der Waals surface area (Å²) in [5.74, 6) is 1.87. The van der Waals surface area contributed by atoms with Crippen LogP contribution in [0.2, 0.25) is 5.02 Å². The molecule has 2 aliphatic carbocycles. The van der Waals surface area contributed by atoms with Crippen molar-refractivity contribution >= 4 is 44.5 Å². The van der Waals surface area contributed by atoms with Gasteiger partial charge in [0.2, 0.25) is 15.9 Å². The van der Waals surface area contributed by atoms with Crippen LogP contribution < -0.4 is 5.32 Å². The van der Waals surface area contributed by atoms with Crippen molar-refractivity contribution in [2.45, 2.75) is 67.6 Å². The molecule has 2 saturated carbocycles. The van der Waals surface area contributed by atoms with Gasteiger partial charge in [-0.25, -0.2) is 8.42 Å². The van der Waals surface area contributed by atoms with Crippen LogP contribution in [0.1, 0.15) is 51.9 Å². The van der Waals surface area contributed by atoms with Crippen molar-refractivity contribution in [2.75, 3.05) is 13.1 Å². The molecule has 1 unspecified atom stereocenters. The highest BCUT2D eigenvalue weighted by molar-refractivity contribution is 8.16. The number of thioether (sulfide) groups is 1. The van der Waals surface area contributed by atoms with E-state index in [1.54, 1.807) is 36.0 Å². The van der Waals surface area contributed by atoms with Gasteiger partial charge in [0.05, 0.1) is 15.8 Å². The first-order valence-electron chi connectivity index (χ1n) is 11.6. The molecule has 9 heteroatoms. The number of amidine groups is 1. The number of amides is 1. The summed E-state index contributed by atoms with van der Waals surface area (Å²) in [5.41, 5.74) is 0. The Morgan fingerprint density at radius 1 is 1.19 bits per heavy atom. The van der Waals surface area contributed by atoms with Gasteiger partial charge >= 0.3 is 0 Å². The molecule has 5 rings (SSSR count). The number of rotatable bonds is 5. The van der Waals surface area contributed by atoms with Crippen molar-refractivity contribution in [2.24, 2.45) is 22.7 Å². The summed E-state index contributed by atoms with van der Waals surface area (Å²) >= 11 is 7.71. The van der Waals surface area contributed by atoms with Gasteiger partial charge in [-0.1, -0.05) is 41.9 Å². The molecule has 4 atom stereocenters. The zero-order valence-electron chi connectivity index (χ0n) is 18.3. The van der Waals surface area contributed by atoms with Gasteiger partial charge in [-0.05, 0) is 75.3 Å². The molecule has 174 valence electrons. The monoisotopic (exact) mass is 495 g/mol. The van der Waals surface area contributed by atoms with Crippen molar-refractivity contribution in [3.63, 3.8) is 0 Å². The molecule has 6 nitrogen and oxygen atoms in total. The number of halogens is 1. The van der Waals surface area contributed by atoms with Crippen LogP contribution in [0, 0.1) is 17.8 Å². The molecule has 2 bridgehead atoms. The van der Waals surface area contributed by atoms with Gasteiger partial charge in [0.1, 0.15) is 4.90 Å². The largest absolute Gasteiger partial charge is 0.304 e. The lowest BCUT2D eigenvalue weighted by Gasteiger charge is -2.34. The van der Waals surface area contributed by atoms with Crippen LogP contribution in [0.3, 0.4) is 0 Å². The Hall–Kier alpha value is -1.09. The van der Waals surface area contributed by atoms with Crippen LogP contribution >= 0.6 is 23.4 Å². The molecule has 4 fully saturated rings. The molecule has 2 heterocycles. The van der Waals surface area contributed by atoms with E-state index >= 15 is 0 Å². The smallest absolute Gasteiger partial charge is 0.244 e. The molecule has 0 radical (unpaired) electrons. The maximum atomic E-state index is 13.0. The Kier molecular flexibility index (Phi) is 6.10. The topological polar surface area (TPSA) is 78.8 Å². The molecular formula is C23H30ClN3O3S2. The van der Waals surface area contributed by atoms with Crippen molar-refractivity contribution in [3.8, 4) is 0 Å². The van der Waals surface area contributed by atoms with Gasteiger partial charge in [-0.2, -0.15) is 4.31 Å². The SMILES string of the molecule is CC1(CC2CCN(S(=O)(=O)c3ccccc3Cl)CC2)SC(=N[C@H]2C[C@H]3CC[C@H]2C3)NC1=O. The summed E-state index contributed by atoms with van der Waals surface area (Å²) in [4.78, 5) is 17.9. The molecule has 1 N–H and O–H groups in total. The number of fused-ring (bicyclic) bond motifs is 2. The minimum absolute atomic E-state index is 0.0375. The number of carbonyl (C=O) groups excluding carboxylic acids is 1. The number of aliphatic imine (C=N–C) groups is 1. The number of hydrogen-bond donors (Lipinski definition) is 1. The van der Waals surface area contributed by atoms with Gasteiger partial charge in [-0.15, -0.1) is 0 Å². The minimum Gasteiger partial charge on any atom is -0.304 e. The standard InChI is InChI=1S/C23H30ClN3O3S2/c1-23(21(28)26-22(31-23)25-19-13-16-6-7-17(19)12-16)14-15-8-10-27(11-9-15)32(29,30)20-5-3-2-4-18(20)24/h2-5,15-17,19H,6-14H2,1H3,(H,25,26,28)/t16-,17-,19-,23?/m0/s1. The maximum Gasteiger partial charge on any atom is 0.244 e. The molecule has 2 saturated heterocycles. The highest BCUT2D eigenvalue weighted by Gasteiger charge is 2.46. The first-order valence-corrected chi connectivity index (χ1v) is 14.2. The molecule has 32 heavy (non-hydrogen) atoms. The average Bonchev–Trinajstić information content (AvgIpc) is 3.44. The van der Waals surface area contributed by atoms with Crippen LogP contribution in [0.4, 0.5) is 0 Å². The first-order chi connectivity index (χ1) is 15.2. The number of nitrogens with one attached hydrogen (secondary N) is 1. The first kappa shape index (κ1) is 22.7. The highest BCUT2D eigenvalue weighted by atomic mass is 35.5. The molecule has 4 aliphatic rings. The van der Waals surface area contributed by atoms with E-state index in [1.165, 1.54) is 30.0 Å². The fraction of sp³-hybridized carbons (Fsp3) is 0.652. The van der Waals surface area contributed by atoms with E-state index in [0.29, 0.717) is 31.0 Å². The van der Waals surface area contributed by atoms with Gasteiger partial charge in [0, 0.05) is 13.1 Å². The van der Waals surface area contributed by atoms with E-state index < -0.39 is 14.8 Å². The quantitative estimate of drug-likeness (QED) is 0.660. The molecular weight excluding hydrogens is 466 g/mol. The van der Waals surface area contributed by atoms with E-state index in [9.17, 15) is 13.2 Å². The normalized spacial score (nSPS) is 35.0. The lowest BCUT2D eigenvalue weighted by Crippen LogP contribution is -2.41. The summed E-state index contributed by atoms with van der Waals surface area (Å²) in [5, 5.41) is 4.07. The van der Waals surface area contributed by atoms with Crippen molar-refractivity contribution in [3.05, 3.63) is 29.3 Å². The van der Waals surface area contributed by atoms with E-state index in [0.717, 1.165) is 30.3 Å². The fourth-order valence-electron chi connectivity index (χ4n) is 5.93. The van der Waals surface area contributed by atoms with Gasteiger partial charge in [0.25, 0.3) is 0 Å². The Balaban J connectivity index is 1.20. The Labute approximate surface area is 199 Å². The summed E-state index contributed by atoms with van der Waals surface area (Å²) < 4.78 is 27.0. The Bertz CT molecular complexity index is 1040. The average molecular weight is 496 g/mol. The van der Waals surface area contributed by atoms with Gasteiger partial charge in [0.15, 0.2) is 5.17 Å². The van der Waals surface area contributed by atoms with E-state index in [1.807, 2.05) is 6.92 Å². The second kappa shape index (κ2) is 8.60. The third-order valence-electron chi connectivity index (χ3n) is 7.71. The second-order valence-corrected chi connectivity index (χ2v) is 13.8. The molecule has 1 amide bonds. The molecule has 2 aliphatic heterocycles. The maximum absolute atomic E-state index is 13.0. The van der Waals surface area contributed by atoms with Crippen LogP contribution in [0.15, 0.2) is 34.2 Å². The van der Waals surface area contributed by atoms with E-state index in [2.05, 4.69) is 5.32 Å². The van der Waals surface area contributed by atoms with Crippen LogP contribution in [0.5, 0.6) is 0 Å². The predicted molar refractivity (Wildman–Crippen MR) is 128 cm³/mol. The van der Waals surface area contributed by atoms with Crippen LogP contribution in [-0.2, 0) is 14.8 Å². The van der Waals surface area contributed by atoms with Gasteiger partial charge < -0.3 is 5.32 Å². The number of hydrogen-bond acceptors (Lipinski definition) is 5. The summed E-state index contributed by atoms with van der Waals surface area (Å²) in [6.07, 6.45) is 7.30. The third-order valence-corrected chi connectivity index (χ3v) is 11.3. The number of nitrogens with zero attached hydrogens (tertiary/aromatic N) is 2. The zero-order valence-corrected chi connectivity index (χ0v) is 20.7. The summed E-state index contributed by atoms with van der Waals surface area (Å²) in [6, 6.07) is 6.96. The number of sulfonamides is 1. The lowest BCUT2D eigenvalue weighted by molar-refractivity contribution is -0.121. The minimum atomic E-state index is -3.60. The van der Waals surface area contributed by atoms with E-state index in [4.69, 9.17) is 16.6 Å². The number of benzene rings is 1. The van der Waals surface area contributed by atoms with Crippen molar-refractivity contribution < 1.29 is 13.2 Å². The van der Waals surface area contributed by atoms with Crippen molar-refractivity contribution in [1.82, 2.24) is 9.62 Å².